The van der Waals surface area contributed by atoms with Gasteiger partial charge in [0.05, 0.1) is 17.7 Å². The minimum Gasteiger partial charge on any atom is -0.496 e. The highest BCUT2D eigenvalue weighted by Gasteiger charge is 2.25. The molecule has 5 nitrogen and oxygen atoms in total. The Labute approximate surface area is 167 Å². The van der Waals surface area contributed by atoms with Gasteiger partial charge in [0.2, 0.25) is 0 Å². The Kier molecular flexibility index (Phi) is 6.08. The van der Waals surface area contributed by atoms with Gasteiger partial charge in [-0.05, 0) is 30.5 Å². The first kappa shape index (κ1) is 19.3. The van der Waals surface area contributed by atoms with E-state index < -0.39 is 6.04 Å². The highest BCUT2D eigenvalue weighted by Crippen LogP contribution is 2.30. The summed E-state index contributed by atoms with van der Waals surface area (Å²) in [5, 5.41) is 3.47. The molecule has 1 aromatic heterocycles. The normalized spacial score (nSPS) is 11.9. The fraction of sp³-hybridized carbons (Fsp3) is 0.200. The third-order valence-electron chi connectivity index (χ3n) is 4.26. The molecule has 0 aliphatic carbocycles. The lowest BCUT2D eigenvalue weighted by molar-refractivity contribution is 0.0940. The molecule has 0 radical (unpaired) electrons. The van der Waals surface area contributed by atoms with Gasteiger partial charge in [-0.3, -0.25) is 4.79 Å². The zero-order valence-corrected chi connectivity index (χ0v) is 16.8. The van der Waals surface area contributed by atoms with Crippen LogP contribution in [-0.4, -0.2) is 28.8 Å². The molecule has 0 aliphatic heterocycles. The topological polar surface area (TPSA) is 56.1 Å². The van der Waals surface area contributed by atoms with Crippen LogP contribution < -0.4 is 10.1 Å². The molecule has 1 heterocycles. The number of nitrogens with one attached hydrogen (secondary N) is 1. The van der Waals surface area contributed by atoms with Crippen molar-refractivity contribution in [3.8, 4) is 5.75 Å². The number of hydrogen-bond donors (Lipinski definition) is 1. The summed E-state index contributed by atoms with van der Waals surface area (Å²) in [5.41, 5.74) is 1.25. The monoisotopic (exact) mass is 401 g/mol. The van der Waals surface area contributed by atoms with Crippen molar-refractivity contribution in [1.29, 1.82) is 0 Å². The third-order valence-corrected chi connectivity index (χ3v) is 5.32. The van der Waals surface area contributed by atoms with Gasteiger partial charge in [-0.25, -0.2) is 4.98 Å². The Morgan fingerprint density at radius 2 is 2.07 bits per heavy atom. The van der Waals surface area contributed by atoms with Crippen LogP contribution in [0.2, 0.25) is 5.02 Å². The van der Waals surface area contributed by atoms with Crippen LogP contribution in [0.15, 0.2) is 59.8 Å². The number of amides is 1. The minimum atomic E-state index is -0.484. The van der Waals surface area contributed by atoms with Gasteiger partial charge in [0.15, 0.2) is 0 Å². The van der Waals surface area contributed by atoms with E-state index in [2.05, 4.69) is 10.3 Å². The van der Waals surface area contributed by atoms with Crippen LogP contribution >= 0.6 is 23.4 Å². The number of carbonyl (C=O) groups excluding carboxylic acids is 1. The van der Waals surface area contributed by atoms with Crippen LogP contribution in [0.3, 0.4) is 0 Å². The van der Waals surface area contributed by atoms with Gasteiger partial charge in [0.25, 0.3) is 5.91 Å². The highest BCUT2D eigenvalue weighted by molar-refractivity contribution is 7.98. The minimum absolute atomic E-state index is 0.269. The van der Waals surface area contributed by atoms with Crippen molar-refractivity contribution < 1.29 is 9.53 Å². The number of para-hydroxylation sites is 1. The number of halogens is 1. The van der Waals surface area contributed by atoms with Gasteiger partial charge in [-0.15, -0.1) is 11.8 Å². The van der Waals surface area contributed by atoms with E-state index in [1.54, 1.807) is 37.2 Å². The number of imidazole rings is 1. The molecule has 2 aromatic carbocycles. The number of benzene rings is 2. The molecule has 1 amide bonds. The maximum absolute atomic E-state index is 13.0. The molecule has 0 saturated heterocycles. The van der Waals surface area contributed by atoms with Crippen molar-refractivity contribution in [2.24, 2.45) is 7.05 Å². The Morgan fingerprint density at radius 1 is 1.30 bits per heavy atom. The molecule has 0 spiro atoms. The van der Waals surface area contributed by atoms with Crippen molar-refractivity contribution >= 4 is 29.3 Å². The number of carbonyl (C=O) groups is 1. The van der Waals surface area contributed by atoms with Gasteiger partial charge in [0.1, 0.15) is 17.6 Å². The first-order valence-corrected chi connectivity index (χ1v) is 9.90. The molecule has 0 fully saturated rings. The second-order valence-corrected chi connectivity index (χ2v) is 7.18. The number of rotatable bonds is 6. The maximum Gasteiger partial charge on any atom is 0.253 e. The maximum atomic E-state index is 13.0. The van der Waals surface area contributed by atoms with Crippen LogP contribution in [0.25, 0.3) is 0 Å². The second kappa shape index (κ2) is 8.50. The van der Waals surface area contributed by atoms with Crippen LogP contribution in [0.5, 0.6) is 5.75 Å². The molecular weight excluding hydrogens is 382 g/mol. The number of thioether (sulfide) groups is 1. The molecule has 3 aromatic rings. The average molecular weight is 402 g/mol. The van der Waals surface area contributed by atoms with Crippen molar-refractivity contribution in [3.05, 3.63) is 76.8 Å². The van der Waals surface area contributed by atoms with Crippen molar-refractivity contribution in [2.75, 3.05) is 13.4 Å². The molecule has 0 saturated carbocycles. The molecule has 0 aliphatic rings. The number of aromatic nitrogens is 2. The molecule has 1 atom stereocenters. The van der Waals surface area contributed by atoms with Crippen molar-refractivity contribution in [2.45, 2.75) is 10.9 Å². The Balaban J connectivity index is 2.02. The average Bonchev–Trinajstić information content (AvgIpc) is 3.12. The van der Waals surface area contributed by atoms with E-state index in [4.69, 9.17) is 16.3 Å². The Hall–Kier alpha value is -2.44. The fourth-order valence-corrected chi connectivity index (χ4v) is 3.50. The lowest BCUT2D eigenvalue weighted by atomic mass is 10.0. The summed E-state index contributed by atoms with van der Waals surface area (Å²) < 4.78 is 7.37. The van der Waals surface area contributed by atoms with Crippen LogP contribution in [0.4, 0.5) is 0 Å². The molecule has 0 bridgehead atoms. The zero-order chi connectivity index (χ0) is 19.4. The van der Waals surface area contributed by atoms with Crippen LogP contribution in [0, 0.1) is 0 Å². The van der Waals surface area contributed by atoms with Crippen molar-refractivity contribution in [1.82, 2.24) is 14.9 Å². The summed E-state index contributed by atoms with van der Waals surface area (Å²) in [6, 6.07) is 12.5. The molecular formula is C20H20ClN3O2S. The summed E-state index contributed by atoms with van der Waals surface area (Å²) in [6.07, 6.45) is 5.49. The molecule has 7 heteroatoms. The van der Waals surface area contributed by atoms with Gasteiger partial charge in [-0.1, -0.05) is 29.8 Å². The quantitative estimate of drug-likeness (QED) is 0.625. The predicted molar refractivity (Wildman–Crippen MR) is 109 cm³/mol. The second-order valence-electron chi connectivity index (χ2n) is 5.89. The Morgan fingerprint density at radius 3 is 2.74 bits per heavy atom. The van der Waals surface area contributed by atoms with E-state index >= 15 is 0 Å². The van der Waals surface area contributed by atoms with E-state index in [-0.39, 0.29) is 5.91 Å². The van der Waals surface area contributed by atoms with E-state index in [1.165, 1.54) is 0 Å². The third kappa shape index (κ3) is 4.12. The lowest BCUT2D eigenvalue weighted by Crippen LogP contribution is -2.31. The molecule has 0 unspecified atom stereocenters. The van der Waals surface area contributed by atoms with Gasteiger partial charge >= 0.3 is 0 Å². The zero-order valence-electron chi connectivity index (χ0n) is 15.3. The SMILES string of the molecule is COc1ccccc1[C@@H](NC(=O)c1cc(SC)ccc1Cl)c1nccn1C. The summed E-state index contributed by atoms with van der Waals surface area (Å²) >= 11 is 7.83. The van der Waals surface area contributed by atoms with Crippen LogP contribution in [0.1, 0.15) is 27.8 Å². The summed E-state index contributed by atoms with van der Waals surface area (Å²) in [6.45, 7) is 0. The molecule has 140 valence electrons. The highest BCUT2D eigenvalue weighted by atomic mass is 35.5. The first-order valence-electron chi connectivity index (χ1n) is 8.29. The van der Waals surface area contributed by atoms with Gasteiger partial charge < -0.3 is 14.6 Å². The first-order chi connectivity index (χ1) is 13.0. The largest absolute Gasteiger partial charge is 0.496 e. The molecule has 1 N–H and O–H groups in total. The smallest absolute Gasteiger partial charge is 0.253 e. The summed E-state index contributed by atoms with van der Waals surface area (Å²) in [5.74, 6) is 1.11. The fourth-order valence-electron chi connectivity index (χ4n) is 2.86. The summed E-state index contributed by atoms with van der Waals surface area (Å²) in [4.78, 5) is 18.4. The lowest BCUT2D eigenvalue weighted by Gasteiger charge is -2.21. The van der Waals surface area contributed by atoms with Crippen LogP contribution in [-0.2, 0) is 7.05 Å². The Bertz CT molecular complexity index is 958. The summed E-state index contributed by atoms with van der Waals surface area (Å²) in [7, 11) is 3.49. The van der Waals surface area contributed by atoms with E-state index in [9.17, 15) is 4.79 Å². The number of methoxy groups -OCH3 is 1. The number of nitrogens with zero attached hydrogens (tertiary/aromatic N) is 2. The van der Waals surface area contributed by atoms with E-state index in [0.717, 1.165) is 10.5 Å². The van der Waals surface area contributed by atoms with E-state index in [1.807, 2.05) is 54.4 Å². The molecule has 27 heavy (non-hydrogen) atoms. The number of ether oxygens (including phenoxy) is 1. The van der Waals surface area contributed by atoms with Crippen molar-refractivity contribution in [3.63, 3.8) is 0 Å². The number of aryl methyl sites for hydroxylation is 1. The van der Waals surface area contributed by atoms with Gasteiger partial charge in [-0.2, -0.15) is 0 Å². The molecule has 3 rings (SSSR count). The number of hydrogen-bond acceptors (Lipinski definition) is 4. The predicted octanol–water partition coefficient (Wildman–Crippen LogP) is 4.32. The van der Waals surface area contributed by atoms with Gasteiger partial charge in [0, 0.05) is 29.9 Å². The van der Waals surface area contributed by atoms with E-state index in [0.29, 0.717) is 22.2 Å². The standard InChI is InChI=1S/C20H20ClN3O2S/c1-24-11-10-22-19(24)18(14-6-4-5-7-17(14)26-2)23-20(25)15-12-13(27-3)8-9-16(15)21/h4-12,18H,1-3H3,(H,23,25)/t18-/m1/s1.